The van der Waals surface area contributed by atoms with E-state index in [-0.39, 0.29) is 11.7 Å². The normalized spacial score (nSPS) is 15.0. The highest BCUT2D eigenvalue weighted by molar-refractivity contribution is 5.97. The Bertz CT molecular complexity index is 1060. The molecule has 7 nitrogen and oxygen atoms in total. The first-order chi connectivity index (χ1) is 14.5. The molecule has 1 amide bonds. The summed E-state index contributed by atoms with van der Waals surface area (Å²) in [4.78, 5) is 26.2. The van der Waals surface area contributed by atoms with Crippen molar-refractivity contribution in [3.63, 3.8) is 0 Å². The summed E-state index contributed by atoms with van der Waals surface area (Å²) in [5.41, 5.74) is 3.22. The molecule has 0 unspecified atom stereocenters. The predicted molar refractivity (Wildman–Crippen MR) is 114 cm³/mol. The number of hydrogen-bond donors (Lipinski definition) is 0. The second-order valence-electron chi connectivity index (χ2n) is 7.36. The van der Waals surface area contributed by atoms with Crippen molar-refractivity contribution in [3.8, 4) is 5.69 Å². The number of hydroxylamine groups is 2. The third-order valence-corrected chi connectivity index (χ3v) is 5.72. The molecule has 1 fully saturated rings. The minimum atomic E-state index is -0.264. The Labute approximate surface area is 175 Å². The number of hydrogen-bond acceptors (Lipinski definition) is 5. The molecule has 3 aromatic rings. The fourth-order valence-electron chi connectivity index (χ4n) is 3.82. The largest absolute Gasteiger partial charge is 0.367 e. The van der Waals surface area contributed by atoms with Crippen LogP contribution in [0.2, 0.25) is 0 Å². The maximum atomic E-state index is 15.0. The lowest BCUT2D eigenvalue weighted by Gasteiger charge is -2.35. The number of fused-ring (bicyclic) bond motifs is 1. The molecule has 0 spiro atoms. The van der Waals surface area contributed by atoms with Crippen LogP contribution in [0.3, 0.4) is 0 Å². The van der Waals surface area contributed by atoms with Gasteiger partial charge < -0.3 is 9.80 Å². The zero-order valence-electron chi connectivity index (χ0n) is 17.5. The van der Waals surface area contributed by atoms with Crippen molar-refractivity contribution >= 4 is 22.6 Å². The molecule has 2 heterocycles. The number of halogens is 1. The van der Waals surface area contributed by atoms with Crippen LogP contribution in [0.1, 0.15) is 17.3 Å². The summed E-state index contributed by atoms with van der Waals surface area (Å²) >= 11 is 0. The second-order valence-corrected chi connectivity index (χ2v) is 7.36. The van der Waals surface area contributed by atoms with Crippen molar-refractivity contribution < 1.29 is 14.0 Å². The molecule has 0 saturated carbocycles. The highest BCUT2D eigenvalue weighted by Crippen LogP contribution is 2.26. The number of likely N-dealkylation sites (N-methyl/N-ethyl adjacent to an activating group) is 1. The lowest BCUT2D eigenvalue weighted by atomic mass is 10.1. The summed E-state index contributed by atoms with van der Waals surface area (Å²) < 4.78 is 16.8. The monoisotopic (exact) mass is 411 g/mol. The number of anilines is 1. The van der Waals surface area contributed by atoms with Gasteiger partial charge in [-0.05, 0) is 36.9 Å². The van der Waals surface area contributed by atoms with Crippen molar-refractivity contribution in [2.75, 3.05) is 51.8 Å². The van der Waals surface area contributed by atoms with Gasteiger partial charge in [0.2, 0.25) is 0 Å². The number of rotatable bonds is 5. The molecule has 0 aliphatic carbocycles. The van der Waals surface area contributed by atoms with E-state index in [0.717, 1.165) is 48.8 Å². The predicted octanol–water partition coefficient (Wildman–Crippen LogP) is 2.94. The summed E-state index contributed by atoms with van der Waals surface area (Å²) in [6, 6.07) is 10.5. The number of carbonyl (C=O) groups is 1. The van der Waals surface area contributed by atoms with E-state index < -0.39 is 0 Å². The number of aromatic nitrogens is 2. The van der Waals surface area contributed by atoms with Gasteiger partial charge in [-0.25, -0.2) is 14.4 Å². The first-order valence-corrected chi connectivity index (χ1v) is 10.1. The Morgan fingerprint density at radius 2 is 1.93 bits per heavy atom. The molecular weight excluding hydrogens is 385 g/mol. The number of imidazole rings is 1. The molecule has 1 aromatic heterocycles. The lowest BCUT2D eigenvalue weighted by molar-refractivity contribution is -0.0756. The average Bonchev–Trinajstić information content (AvgIpc) is 3.21. The minimum Gasteiger partial charge on any atom is -0.367 e. The lowest BCUT2D eigenvalue weighted by Crippen LogP contribution is -2.46. The number of piperazine rings is 1. The van der Waals surface area contributed by atoms with E-state index in [4.69, 9.17) is 4.84 Å². The molecule has 4 rings (SSSR count). The van der Waals surface area contributed by atoms with Crippen molar-refractivity contribution in [3.05, 3.63) is 54.1 Å². The quantitative estimate of drug-likeness (QED) is 0.605. The fourth-order valence-corrected chi connectivity index (χ4v) is 3.82. The van der Waals surface area contributed by atoms with Gasteiger partial charge in [0.1, 0.15) is 12.1 Å². The molecule has 0 radical (unpaired) electrons. The van der Waals surface area contributed by atoms with Crippen LogP contribution in [0.25, 0.3) is 16.7 Å². The van der Waals surface area contributed by atoms with E-state index in [2.05, 4.69) is 21.7 Å². The second kappa shape index (κ2) is 8.41. The standard InChI is InChI=1S/C22H26FN5O2/c1-4-26-9-11-27(12-10-26)20-8-6-17(14-18(20)23)28-15-24-19-7-5-16(13-21(19)28)22(29)25(2)30-3/h5-8,13-15H,4,9-12H2,1-3H3. The van der Waals surface area contributed by atoms with Gasteiger partial charge in [-0.2, -0.15) is 0 Å². The van der Waals surface area contributed by atoms with Crippen LogP contribution in [0.4, 0.5) is 10.1 Å². The summed E-state index contributed by atoms with van der Waals surface area (Å²) in [5.74, 6) is -0.523. The highest BCUT2D eigenvalue weighted by atomic mass is 19.1. The van der Waals surface area contributed by atoms with E-state index in [1.807, 2.05) is 12.1 Å². The van der Waals surface area contributed by atoms with Gasteiger partial charge in [0.25, 0.3) is 5.91 Å². The van der Waals surface area contributed by atoms with Crippen LogP contribution >= 0.6 is 0 Å². The van der Waals surface area contributed by atoms with Crippen LogP contribution in [0, 0.1) is 5.82 Å². The molecule has 1 saturated heterocycles. The van der Waals surface area contributed by atoms with Crippen LogP contribution < -0.4 is 4.90 Å². The summed E-state index contributed by atoms with van der Waals surface area (Å²) in [6.45, 7) is 6.68. The Morgan fingerprint density at radius 1 is 1.17 bits per heavy atom. The molecule has 158 valence electrons. The Hall–Kier alpha value is -2.97. The van der Waals surface area contributed by atoms with Crippen molar-refractivity contribution in [1.82, 2.24) is 19.5 Å². The Kier molecular flexibility index (Phi) is 5.69. The first kappa shape index (κ1) is 20.3. The van der Waals surface area contributed by atoms with Crippen molar-refractivity contribution in [1.29, 1.82) is 0 Å². The molecule has 1 aliphatic rings. The molecule has 1 aliphatic heterocycles. The van der Waals surface area contributed by atoms with E-state index >= 15 is 0 Å². The zero-order valence-corrected chi connectivity index (χ0v) is 17.5. The fraction of sp³-hybridized carbons (Fsp3) is 0.364. The van der Waals surface area contributed by atoms with Crippen LogP contribution in [0.15, 0.2) is 42.7 Å². The van der Waals surface area contributed by atoms with Gasteiger partial charge >= 0.3 is 0 Å². The van der Waals surface area contributed by atoms with Crippen LogP contribution in [-0.4, -0.2) is 72.3 Å². The van der Waals surface area contributed by atoms with Gasteiger partial charge in [-0.15, -0.1) is 0 Å². The highest BCUT2D eigenvalue weighted by Gasteiger charge is 2.19. The van der Waals surface area contributed by atoms with Gasteiger partial charge in [0.15, 0.2) is 0 Å². The summed E-state index contributed by atoms with van der Waals surface area (Å²) in [6.07, 6.45) is 1.65. The molecule has 0 bridgehead atoms. The Balaban J connectivity index is 1.64. The minimum absolute atomic E-state index is 0.259. The zero-order chi connectivity index (χ0) is 21.3. The van der Waals surface area contributed by atoms with Crippen molar-refractivity contribution in [2.24, 2.45) is 0 Å². The van der Waals surface area contributed by atoms with E-state index in [9.17, 15) is 9.18 Å². The van der Waals surface area contributed by atoms with Crippen LogP contribution in [0.5, 0.6) is 0 Å². The van der Waals surface area contributed by atoms with Crippen LogP contribution in [-0.2, 0) is 4.84 Å². The number of nitrogens with zero attached hydrogens (tertiary/aromatic N) is 5. The molecule has 0 N–H and O–H groups in total. The van der Waals surface area contributed by atoms with Gasteiger partial charge in [0.05, 0.1) is 29.5 Å². The van der Waals surface area contributed by atoms with E-state index in [0.29, 0.717) is 16.9 Å². The molecule has 0 atom stereocenters. The smallest absolute Gasteiger partial charge is 0.277 e. The molecule has 2 aromatic carbocycles. The summed E-state index contributed by atoms with van der Waals surface area (Å²) in [7, 11) is 2.99. The molecule has 8 heteroatoms. The third kappa shape index (κ3) is 3.76. The van der Waals surface area contributed by atoms with E-state index in [1.165, 1.54) is 13.2 Å². The van der Waals surface area contributed by atoms with Gasteiger partial charge in [-0.1, -0.05) is 6.92 Å². The topological polar surface area (TPSA) is 53.8 Å². The SMILES string of the molecule is CCN1CCN(c2ccc(-n3cnc4ccc(C(=O)N(C)OC)cc43)cc2F)CC1. The average molecular weight is 411 g/mol. The summed E-state index contributed by atoms with van der Waals surface area (Å²) in [5, 5.41) is 1.16. The maximum absolute atomic E-state index is 15.0. The Morgan fingerprint density at radius 3 is 2.60 bits per heavy atom. The van der Waals surface area contributed by atoms with Crippen molar-refractivity contribution in [2.45, 2.75) is 6.92 Å². The number of carbonyl (C=O) groups excluding carboxylic acids is 1. The molecular formula is C22H26FN5O2. The molecule has 30 heavy (non-hydrogen) atoms. The maximum Gasteiger partial charge on any atom is 0.277 e. The number of benzene rings is 2. The number of amides is 1. The first-order valence-electron chi connectivity index (χ1n) is 10.1. The van der Waals surface area contributed by atoms with Gasteiger partial charge in [0, 0.05) is 44.9 Å². The van der Waals surface area contributed by atoms with Gasteiger partial charge in [-0.3, -0.25) is 14.2 Å². The van der Waals surface area contributed by atoms with E-state index in [1.54, 1.807) is 36.1 Å². The third-order valence-electron chi connectivity index (χ3n) is 5.72.